The number of piperazine rings is 1. The molecule has 1 fully saturated rings. The molecular formula is C12H22N2O3. The summed E-state index contributed by atoms with van der Waals surface area (Å²) in [5.41, 5.74) is -0.775. The van der Waals surface area contributed by atoms with Gasteiger partial charge >= 0.3 is 0 Å². The van der Waals surface area contributed by atoms with E-state index in [1.807, 2.05) is 0 Å². The number of likely N-dealkylation sites (N-methyl/N-ethyl adjacent to an activating group) is 1. The highest BCUT2D eigenvalue weighted by Gasteiger charge is 2.42. The molecule has 0 bridgehead atoms. The minimum atomic E-state index is -0.775. The van der Waals surface area contributed by atoms with Crippen LogP contribution in [0.4, 0.5) is 0 Å². The van der Waals surface area contributed by atoms with E-state index in [0.29, 0.717) is 19.5 Å². The molecule has 1 saturated heterocycles. The molecule has 5 heteroatoms. The minimum Gasteiger partial charge on any atom is -0.393 e. The molecule has 1 aliphatic rings. The van der Waals surface area contributed by atoms with Gasteiger partial charge in [0.05, 0.1) is 6.10 Å². The van der Waals surface area contributed by atoms with Gasteiger partial charge in [0.2, 0.25) is 11.8 Å². The van der Waals surface area contributed by atoms with E-state index < -0.39 is 11.6 Å². The Kier molecular flexibility index (Phi) is 4.14. The second kappa shape index (κ2) is 5.04. The summed E-state index contributed by atoms with van der Waals surface area (Å²) in [6.07, 6.45) is 0.248. The van der Waals surface area contributed by atoms with E-state index in [4.69, 9.17) is 0 Å². The molecule has 0 spiro atoms. The fraction of sp³-hybridized carbons (Fsp3) is 0.833. The number of hydrogen-bond donors (Lipinski definition) is 1. The summed E-state index contributed by atoms with van der Waals surface area (Å²) in [5, 5.41) is 9.18. The predicted octanol–water partition coefficient (Wildman–Crippen LogP) is 0.227. The molecule has 0 radical (unpaired) electrons. The van der Waals surface area contributed by atoms with Crippen LogP contribution in [0.15, 0.2) is 0 Å². The maximum absolute atomic E-state index is 12.0. The lowest BCUT2D eigenvalue weighted by atomic mass is 9.97. The molecule has 1 atom stereocenters. The van der Waals surface area contributed by atoms with Crippen molar-refractivity contribution in [3.05, 3.63) is 0 Å². The van der Waals surface area contributed by atoms with Gasteiger partial charge in [-0.15, -0.1) is 0 Å². The van der Waals surface area contributed by atoms with Crippen molar-refractivity contribution in [1.82, 2.24) is 9.80 Å². The molecule has 98 valence electrons. The number of amides is 2. The van der Waals surface area contributed by atoms with Crippen molar-refractivity contribution in [2.24, 2.45) is 0 Å². The zero-order chi connectivity index (χ0) is 13.2. The van der Waals surface area contributed by atoms with Crippen molar-refractivity contribution >= 4 is 11.8 Å². The molecular weight excluding hydrogens is 220 g/mol. The molecule has 1 heterocycles. The number of aliphatic hydroxyl groups excluding tert-OH is 1. The fourth-order valence-electron chi connectivity index (χ4n) is 2.12. The first-order valence-corrected chi connectivity index (χ1v) is 6.01. The van der Waals surface area contributed by atoms with Gasteiger partial charge in [0, 0.05) is 26.6 Å². The molecule has 1 N–H and O–H groups in total. The molecule has 1 aliphatic heterocycles. The Bertz CT molecular complexity index is 313. The summed E-state index contributed by atoms with van der Waals surface area (Å²) < 4.78 is 0. The van der Waals surface area contributed by atoms with Crippen LogP contribution in [0.3, 0.4) is 0 Å². The first kappa shape index (κ1) is 14.0. The van der Waals surface area contributed by atoms with Crippen LogP contribution in [0.5, 0.6) is 0 Å². The van der Waals surface area contributed by atoms with Gasteiger partial charge in [-0.3, -0.25) is 9.59 Å². The third-order valence-corrected chi connectivity index (χ3v) is 3.28. The topological polar surface area (TPSA) is 60.9 Å². The molecule has 0 aromatic rings. The van der Waals surface area contributed by atoms with Gasteiger partial charge < -0.3 is 14.9 Å². The quantitative estimate of drug-likeness (QED) is 0.770. The molecule has 1 rings (SSSR count). The molecule has 5 nitrogen and oxygen atoms in total. The lowest BCUT2D eigenvalue weighted by Crippen LogP contribution is -2.63. The molecule has 17 heavy (non-hydrogen) atoms. The maximum Gasteiger partial charge on any atom is 0.247 e. The molecule has 1 unspecified atom stereocenters. The Morgan fingerprint density at radius 3 is 2.59 bits per heavy atom. The maximum atomic E-state index is 12.0. The smallest absolute Gasteiger partial charge is 0.247 e. The van der Waals surface area contributed by atoms with Crippen molar-refractivity contribution in [3.63, 3.8) is 0 Å². The van der Waals surface area contributed by atoms with E-state index in [9.17, 15) is 14.7 Å². The Morgan fingerprint density at radius 1 is 1.47 bits per heavy atom. The number of nitrogens with zero attached hydrogens (tertiary/aromatic N) is 2. The van der Waals surface area contributed by atoms with E-state index in [2.05, 4.69) is 0 Å². The van der Waals surface area contributed by atoms with Crippen LogP contribution in [0.1, 0.15) is 33.6 Å². The lowest BCUT2D eigenvalue weighted by molar-refractivity contribution is -0.157. The highest BCUT2D eigenvalue weighted by atomic mass is 16.3. The third kappa shape index (κ3) is 2.97. The zero-order valence-corrected chi connectivity index (χ0v) is 11.1. The highest BCUT2D eigenvalue weighted by molar-refractivity contribution is 5.91. The number of rotatable bonds is 3. The predicted molar refractivity (Wildman–Crippen MR) is 64.3 cm³/mol. The van der Waals surface area contributed by atoms with Crippen molar-refractivity contribution in [2.45, 2.75) is 45.3 Å². The largest absolute Gasteiger partial charge is 0.393 e. The van der Waals surface area contributed by atoms with E-state index in [1.165, 1.54) is 0 Å². The average Bonchev–Trinajstić information content (AvgIpc) is 2.23. The minimum absolute atomic E-state index is 0.0332. The Labute approximate surface area is 102 Å². The summed E-state index contributed by atoms with van der Waals surface area (Å²) in [7, 11) is 1.75. The van der Waals surface area contributed by atoms with Crippen LogP contribution in [-0.4, -0.2) is 58.5 Å². The number of carbonyl (C=O) groups excluding carboxylic acids is 2. The summed E-state index contributed by atoms with van der Waals surface area (Å²) >= 11 is 0. The summed E-state index contributed by atoms with van der Waals surface area (Å²) in [5.74, 6) is -0.0912. The first-order valence-electron chi connectivity index (χ1n) is 6.01. The monoisotopic (exact) mass is 242 g/mol. The molecule has 0 saturated carbocycles. The molecule has 2 amide bonds. The van der Waals surface area contributed by atoms with Crippen molar-refractivity contribution in [1.29, 1.82) is 0 Å². The Hall–Kier alpha value is -1.10. The van der Waals surface area contributed by atoms with Crippen molar-refractivity contribution in [3.8, 4) is 0 Å². The highest BCUT2D eigenvalue weighted by Crippen LogP contribution is 2.22. The van der Waals surface area contributed by atoms with Crippen LogP contribution in [0.25, 0.3) is 0 Å². The summed E-state index contributed by atoms with van der Waals surface area (Å²) in [6.45, 7) is 6.33. The van der Waals surface area contributed by atoms with Gasteiger partial charge in [0.1, 0.15) is 5.54 Å². The number of carbonyl (C=O) groups is 2. The van der Waals surface area contributed by atoms with Crippen molar-refractivity contribution in [2.75, 3.05) is 20.1 Å². The molecule has 0 aromatic heterocycles. The normalized spacial score (nSPS) is 21.6. The van der Waals surface area contributed by atoms with Gasteiger partial charge in [-0.2, -0.15) is 0 Å². The number of hydrogen-bond acceptors (Lipinski definition) is 3. The molecule has 0 aliphatic carbocycles. The van der Waals surface area contributed by atoms with E-state index in [1.54, 1.807) is 37.6 Å². The number of aliphatic hydroxyl groups is 1. The van der Waals surface area contributed by atoms with Crippen LogP contribution in [-0.2, 0) is 9.59 Å². The fourth-order valence-corrected chi connectivity index (χ4v) is 2.12. The van der Waals surface area contributed by atoms with Crippen LogP contribution < -0.4 is 0 Å². The Morgan fingerprint density at radius 2 is 2.06 bits per heavy atom. The lowest BCUT2D eigenvalue weighted by Gasteiger charge is -2.44. The van der Waals surface area contributed by atoms with Gasteiger partial charge in [-0.25, -0.2) is 0 Å². The average molecular weight is 242 g/mol. The first-order chi connectivity index (χ1) is 7.76. The summed E-state index contributed by atoms with van der Waals surface area (Å²) in [6, 6.07) is 0. The van der Waals surface area contributed by atoms with Gasteiger partial charge in [-0.1, -0.05) is 0 Å². The second-order valence-electron chi connectivity index (χ2n) is 5.22. The second-order valence-corrected chi connectivity index (χ2v) is 5.22. The zero-order valence-electron chi connectivity index (χ0n) is 11.1. The SMILES string of the molecule is CC(O)CCC(=O)N1CCN(C)C(=O)C1(C)C. The van der Waals surface area contributed by atoms with Crippen LogP contribution >= 0.6 is 0 Å². The standard InChI is InChI=1S/C12H22N2O3/c1-9(15)5-6-10(16)14-8-7-13(4)11(17)12(14,2)3/h9,15H,5-8H2,1-4H3. The Balaban J connectivity index is 2.70. The van der Waals surface area contributed by atoms with Crippen LogP contribution in [0, 0.1) is 0 Å². The third-order valence-electron chi connectivity index (χ3n) is 3.28. The van der Waals surface area contributed by atoms with Crippen LogP contribution in [0.2, 0.25) is 0 Å². The van der Waals surface area contributed by atoms with E-state index in [0.717, 1.165) is 0 Å². The van der Waals surface area contributed by atoms with Gasteiger partial charge in [-0.05, 0) is 27.2 Å². The van der Waals surface area contributed by atoms with Gasteiger partial charge in [0.25, 0.3) is 0 Å². The van der Waals surface area contributed by atoms with E-state index in [-0.39, 0.29) is 18.2 Å². The molecule has 0 aromatic carbocycles. The van der Waals surface area contributed by atoms with E-state index >= 15 is 0 Å². The van der Waals surface area contributed by atoms with Crippen molar-refractivity contribution < 1.29 is 14.7 Å². The summed E-state index contributed by atoms with van der Waals surface area (Å²) in [4.78, 5) is 27.3. The van der Waals surface area contributed by atoms with Gasteiger partial charge in [0.15, 0.2) is 0 Å².